The Hall–Kier alpha value is -0.980. The molecule has 0 aliphatic rings. The summed E-state index contributed by atoms with van der Waals surface area (Å²) >= 11 is 0. The van der Waals surface area contributed by atoms with Crippen molar-refractivity contribution >= 4 is 6.09 Å². The Morgan fingerprint density at radius 1 is 1.22 bits per heavy atom. The van der Waals surface area contributed by atoms with Crippen molar-refractivity contribution in [3.8, 4) is 0 Å². The smallest absolute Gasteiger partial charge is 0.407 e. The Kier molecular flexibility index (Phi) is 6.45. The van der Waals surface area contributed by atoms with Crippen molar-refractivity contribution in [2.45, 2.75) is 39.0 Å². The number of ether oxygens (including phenoxy) is 1. The van der Waals surface area contributed by atoms with Crippen LogP contribution in [0.5, 0.6) is 0 Å². The molecule has 0 bridgehead atoms. The van der Waals surface area contributed by atoms with E-state index < -0.39 is 24.3 Å². The highest BCUT2D eigenvalue weighted by atomic mass is 19.4. The number of rotatable bonds is 5. The quantitative estimate of drug-likeness (QED) is 0.834. The lowest BCUT2D eigenvalue weighted by molar-refractivity contribution is -0.137. The van der Waals surface area contributed by atoms with Crippen molar-refractivity contribution in [1.82, 2.24) is 10.2 Å². The molecule has 0 unspecified atom stereocenters. The van der Waals surface area contributed by atoms with Crippen molar-refractivity contribution in [2.75, 3.05) is 26.7 Å². The fourth-order valence-corrected chi connectivity index (χ4v) is 1.09. The van der Waals surface area contributed by atoms with Gasteiger partial charge in [0.2, 0.25) is 0 Å². The van der Waals surface area contributed by atoms with Gasteiger partial charge in [-0.3, -0.25) is 0 Å². The maximum atomic E-state index is 11.9. The molecule has 0 aliphatic carbocycles. The molecule has 0 aromatic carbocycles. The summed E-state index contributed by atoms with van der Waals surface area (Å²) in [6, 6.07) is 0. The van der Waals surface area contributed by atoms with Gasteiger partial charge in [0.05, 0.1) is 6.42 Å². The zero-order valence-electron chi connectivity index (χ0n) is 11.2. The molecule has 0 heterocycles. The molecule has 0 aromatic heterocycles. The van der Waals surface area contributed by atoms with E-state index in [9.17, 15) is 18.0 Å². The molecule has 0 radical (unpaired) electrons. The average Bonchev–Trinajstić information content (AvgIpc) is 2.10. The number of alkyl carbamates (subject to hydrolysis) is 1. The standard InChI is InChI=1S/C11H21F3N2O2/c1-10(2,3)18-9(17)15-6-8-16(4)7-5-11(12,13)14/h5-8H2,1-4H3,(H,15,17). The maximum Gasteiger partial charge on any atom is 0.407 e. The van der Waals surface area contributed by atoms with Gasteiger partial charge in [0.25, 0.3) is 0 Å². The second kappa shape index (κ2) is 6.82. The number of alkyl halides is 3. The van der Waals surface area contributed by atoms with Gasteiger partial charge in [-0.2, -0.15) is 13.2 Å². The van der Waals surface area contributed by atoms with Crippen molar-refractivity contribution in [3.63, 3.8) is 0 Å². The first-order valence-corrected chi connectivity index (χ1v) is 5.72. The van der Waals surface area contributed by atoms with E-state index in [1.807, 2.05) is 0 Å². The van der Waals surface area contributed by atoms with E-state index in [1.54, 1.807) is 27.8 Å². The molecule has 0 atom stereocenters. The van der Waals surface area contributed by atoms with Crippen molar-refractivity contribution < 1.29 is 22.7 Å². The Bertz CT molecular complexity index is 262. The van der Waals surface area contributed by atoms with E-state index >= 15 is 0 Å². The highest BCUT2D eigenvalue weighted by Gasteiger charge is 2.27. The van der Waals surface area contributed by atoms with Crippen molar-refractivity contribution in [2.24, 2.45) is 0 Å². The zero-order valence-corrected chi connectivity index (χ0v) is 11.2. The van der Waals surface area contributed by atoms with Gasteiger partial charge in [-0.25, -0.2) is 4.79 Å². The molecule has 1 amide bonds. The minimum atomic E-state index is -4.15. The molecule has 0 saturated heterocycles. The lowest BCUT2D eigenvalue weighted by Crippen LogP contribution is -2.37. The Labute approximate surface area is 105 Å². The molecule has 1 N–H and O–H groups in total. The van der Waals surface area contributed by atoms with E-state index in [0.717, 1.165) is 0 Å². The summed E-state index contributed by atoms with van der Waals surface area (Å²) in [5.74, 6) is 0. The number of hydrogen-bond donors (Lipinski definition) is 1. The number of hydrogen-bond acceptors (Lipinski definition) is 3. The predicted molar refractivity (Wildman–Crippen MR) is 62.4 cm³/mol. The maximum absolute atomic E-state index is 11.9. The van der Waals surface area contributed by atoms with Gasteiger partial charge in [0.15, 0.2) is 0 Å². The number of likely N-dealkylation sites (N-methyl/N-ethyl adjacent to an activating group) is 1. The number of carbonyl (C=O) groups excluding carboxylic acids is 1. The lowest BCUT2D eigenvalue weighted by atomic mass is 10.2. The Morgan fingerprint density at radius 2 is 1.78 bits per heavy atom. The van der Waals surface area contributed by atoms with Crippen LogP contribution in [0.2, 0.25) is 0 Å². The molecule has 7 heteroatoms. The third kappa shape index (κ3) is 11.5. The highest BCUT2D eigenvalue weighted by Crippen LogP contribution is 2.19. The largest absolute Gasteiger partial charge is 0.444 e. The summed E-state index contributed by atoms with van der Waals surface area (Å²) < 4.78 is 40.8. The summed E-state index contributed by atoms with van der Waals surface area (Å²) in [6.07, 6.45) is -5.56. The van der Waals surface area contributed by atoms with Crippen LogP contribution in [0.3, 0.4) is 0 Å². The van der Waals surface area contributed by atoms with E-state index in [4.69, 9.17) is 4.74 Å². The van der Waals surface area contributed by atoms with Crippen LogP contribution in [-0.4, -0.2) is 49.5 Å². The molecular formula is C11H21F3N2O2. The van der Waals surface area contributed by atoms with Crippen LogP contribution in [0.4, 0.5) is 18.0 Å². The fourth-order valence-electron chi connectivity index (χ4n) is 1.09. The van der Waals surface area contributed by atoms with Crippen LogP contribution in [0.25, 0.3) is 0 Å². The summed E-state index contributed by atoms with van der Waals surface area (Å²) in [5.41, 5.74) is -0.577. The number of nitrogens with zero attached hydrogens (tertiary/aromatic N) is 1. The second-order valence-electron chi connectivity index (χ2n) is 5.10. The molecule has 0 spiro atoms. The molecular weight excluding hydrogens is 249 g/mol. The van der Waals surface area contributed by atoms with Crippen LogP contribution < -0.4 is 5.32 Å². The van der Waals surface area contributed by atoms with E-state index in [2.05, 4.69) is 5.32 Å². The fraction of sp³-hybridized carbons (Fsp3) is 0.909. The van der Waals surface area contributed by atoms with Crippen molar-refractivity contribution in [3.05, 3.63) is 0 Å². The SMILES string of the molecule is CN(CCNC(=O)OC(C)(C)C)CCC(F)(F)F. The van der Waals surface area contributed by atoms with Gasteiger partial charge < -0.3 is 15.0 Å². The first-order valence-electron chi connectivity index (χ1n) is 5.72. The predicted octanol–water partition coefficient (Wildman–Crippen LogP) is 2.40. The van der Waals surface area contributed by atoms with Gasteiger partial charge in [-0.05, 0) is 27.8 Å². The summed E-state index contributed by atoms with van der Waals surface area (Å²) in [4.78, 5) is 12.7. The third-order valence-corrected chi connectivity index (χ3v) is 1.94. The van der Waals surface area contributed by atoms with Crippen LogP contribution >= 0.6 is 0 Å². The molecule has 4 nitrogen and oxygen atoms in total. The first-order chi connectivity index (χ1) is 7.99. The summed E-state index contributed by atoms with van der Waals surface area (Å²) in [6.45, 7) is 5.73. The Balaban J connectivity index is 3.69. The second-order valence-corrected chi connectivity index (χ2v) is 5.10. The van der Waals surface area contributed by atoms with Crippen LogP contribution in [0, 0.1) is 0 Å². The number of carbonyl (C=O) groups is 1. The van der Waals surface area contributed by atoms with Gasteiger partial charge in [0.1, 0.15) is 5.60 Å². The topological polar surface area (TPSA) is 41.6 Å². The van der Waals surface area contributed by atoms with Crippen molar-refractivity contribution in [1.29, 1.82) is 0 Å². The van der Waals surface area contributed by atoms with E-state index in [0.29, 0.717) is 6.54 Å². The molecule has 0 fully saturated rings. The van der Waals surface area contributed by atoms with Gasteiger partial charge in [0, 0.05) is 19.6 Å². The highest BCUT2D eigenvalue weighted by molar-refractivity contribution is 5.67. The van der Waals surface area contributed by atoms with E-state index in [-0.39, 0.29) is 13.1 Å². The number of amides is 1. The minimum absolute atomic E-state index is 0.0838. The third-order valence-electron chi connectivity index (χ3n) is 1.94. The van der Waals surface area contributed by atoms with Crippen LogP contribution in [0.1, 0.15) is 27.2 Å². The lowest BCUT2D eigenvalue weighted by Gasteiger charge is -2.21. The van der Waals surface area contributed by atoms with Crippen LogP contribution in [-0.2, 0) is 4.74 Å². The Morgan fingerprint density at radius 3 is 2.22 bits per heavy atom. The molecule has 0 aromatic rings. The van der Waals surface area contributed by atoms with Crippen LogP contribution in [0.15, 0.2) is 0 Å². The minimum Gasteiger partial charge on any atom is -0.444 e. The van der Waals surface area contributed by atoms with E-state index in [1.165, 1.54) is 4.90 Å². The molecule has 108 valence electrons. The summed E-state index contributed by atoms with van der Waals surface area (Å²) in [7, 11) is 1.57. The number of halogens is 3. The molecule has 18 heavy (non-hydrogen) atoms. The monoisotopic (exact) mass is 270 g/mol. The summed E-state index contributed by atoms with van der Waals surface area (Å²) in [5, 5.41) is 2.48. The van der Waals surface area contributed by atoms with Gasteiger partial charge >= 0.3 is 12.3 Å². The van der Waals surface area contributed by atoms with Gasteiger partial charge in [-0.15, -0.1) is 0 Å². The average molecular weight is 270 g/mol. The normalized spacial score (nSPS) is 12.7. The van der Waals surface area contributed by atoms with Gasteiger partial charge in [-0.1, -0.05) is 0 Å². The first kappa shape index (κ1) is 17.0. The zero-order chi connectivity index (χ0) is 14.4. The molecule has 0 saturated carbocycles. The molecule has 0 rings (SSSR count). The molecule has 0 aliphatic heterocycles. The number of nitrogens with one attached hydrogen (secondary N) is 1.